The molecule has 0 saturated carbocycles. The van der Waals surface area contributed by atoms with Crippen LogP contribution in [0.3, 0.4) is 0 Å². The van der Waals surface area contributed by atoms with Crippen LogP contribution in [0.2, 0.25) is 5.02 Å². The van der Waals surface area contributed by atoms with Gasteiger partial charge in [0.2, 0.25) is 5.91 Å². The van der Waals surface area contributed by atoms with Crippen LogP contribution in [-0.4, -0.2) is 40.3 Å². The molecule has 0 spiro atoms. The molecular weight excluding hydrogens is 304 g/mol. The van der Waals surface area contributed by atoms with Crippen LogP contribution >= 0.6 is 11.6 Å². The predicted octanol–water partition coefficient (Wildman–Crippen LogP) is 0.335. The number of hydrogen-bond donors (Lipinski definition) is 2. The van der Waals surface area contributed by atoms with E-state index in [0.717, 1.165) is 6.26 Å². The molecule has 3 N–H and O–H groups in total. The van der Waals surface area contributed by atoms with Gasteiger partial charge in [-0.3, -0.25) is 4.79 Å². The van der Waals surface area contributed by atoms with Gasteiger partial charge in [0, 0.05) is 29.9 Å². The van der Waals surface area contributed by atoms with Crippen molar-refractivity contribution in [2.24, 2.45) is 5.73 Å². The number of primary amides is 1. The van der Waals surface area contributed by atoms with Crippen LogP contribution in [0, 0.1) is 0 Å². The third kappa shape index (κ3) is 5.46. The highest BCUT2D eigenvalue weighted by Crippen LogP contribution is 2.23. The van der Waals surface area contributed by atoms with Gasteiger partial charge in [-0.2, -0.15) is 0 Å². The van der Waals surface area contributed by atoms with E-state index in [9.17, 15) is 13.2 Å². The van der Waals surface area contributed by atoms with Crippen molar-refractivity contribution in [2.75, 3.05) is 26.0 Å². The van der Waals surface area contributed by atoms with Crippen LogP contribution in [-0.2, 0) is 25.9 Å². The number of benzene rings is 1. The SMILES string of the molecule is CS(=O)(=O)c1cccc(Cl)c1CNCCOCC(N)=O. The molecule has 0 atom stereocenters. The van der Waals surface area contributed by atoms with Crippen LogP contribution < -0.4 is 11.1 Å². The van der Waals surface area contributed by atoms with Gasteiger partial charge in [-0.15, -0.1) is 0 Å². The zero-order valence-electron chi connectivity index (χ0n) is 11.1. The second-order valence-corrected chi connectivity index (χ2v) is 6.58. The maximum atomic E-state index is 11.7. The first-order chi connectivity index (χ1) is 9.32. The van der Waals surface area contributed by atoms with Gasteiger partial charge in [-0.25, -0.2) is 8.42 Å². The molecule has 0 aliphatic carbocycles. The van der Waals surface area contributed by atoms with Gasteiger partial charge in [-0.1, -0.05) is 17.7 Å². The molecule has 0 bridgehead atoms. The van der Waals surface area contributed by atoms with Gasteiger partial charge in [-0.05, 0) is 12.1 Å². The highest BCUT2D eigenvalue weighted by molar-refractivity contribution is 7.90. The van der Waals surface area contributed by atoms with Crippen molar-refractivity contribution in [3.8, 4) is 0 Å². The Bertz CT molecular complexity index is 575. The van der Waals surface area contributed by atoms with E-state index in [1.54, 1.807) is 12.1 Å². The molecule has 20 heavy (non-hydrogen) atoms. The van der Waals surface area contributed by atoms with Crippen LogP contribution in [0.25, 0.3) is 0 Å². The Kier molecular flexibility index (Phi) is 6.41. The van der Waals surface area contributed by atoms with Crippen LogP contribution in [0.4, 0.5) is 0 Å². The Morgan fingerprint density at radius 1 is 1.45 bits per heavy atom. The van der Waals surface area contributed by atoms with Gasteiger partial charge in [0.15, 0.2) is 9.84 Å². The summed E-state index contributed by atoms with van der Waals surface area (Å²) in [6, 6.07) is 4.75. The van der Waals surface area contributed by atoms with Gasteiger partial charge in [0.05, 0.1) is 11.5 Å². The number of halogens is 1. The standard InChI is InChI=1S/C12H17ClN2O4S/c1-20(17,18)11-4-2-3-10(13)9(11)7-15-5-6-19-8-12(14)16/h2-4,15H,5-8H2,1H3,(H2,14,16). The molecule has 0 heterocycles. The smallest absolute Gasteiger partial charge is 0.243 e. The fourth-order valence-corrected chi connectivity index (χ4v) is 2.84. The van der Waals surface area contributed by atoms with Gasteiger partial charge in [0.25, 0.3) is 0 Å². The van der Waals surface area contributed by atoms with Crippen LogP contribution in [0.5, 0.6) is 0 Å². The van der Waals surface area contributed by atoms with Crippen molar-refractivity contribution in [1.82, 2.24) is 5.32 Å². The lowest BCUT2D eigenvalue weighted by Gasteiger charge is -2.11. The number of hydrogen-bond acceptors (Lipinski definition) is 5. The monoisotopic (exact) mass is 320 g/mol. The maximum Gasteiger partial charge on any atom is 0.243 e. The minimum absolute atomic E-state index is 0.137. The van der Waals surface area contributed by atoms with Crippen molar-refractivity contribution >= 4 is 27.3 Å². The van der Waals surface area contributed by atoms with E-state index >= 15 is 0 Å². The van der Waals surface area contributed by atoms with Crippen molar-refractivity contribution in [1.29, 1.82) is 0 Å². The molecule has 0 unspecified atom stereocenters. The summed E-state index contributed by atoms with van der Waals surface area (Å²) in [7, 11) is -3.33. The molecule has 1 rings (SSSR count). The zero-order valence-corrected chi connectivity index (χ0v) is 12.6. The van der Waals surface area contributed by atoms with Crippen molar-refractivity contribution < 1.29 is 17.9 Å². The minimum atomic E-state index is -3.33. The van der Waals surface area contributed by atoms with Crippen molar-refractivity contribution in [3.63, 3.8) is 0 Å². The highest BCUT2D eigenvalue weighted by atomic mass is 35.5. The van der Waals surface area contributed by atoms with E-state index < -0.39 is 15.7 Å². The molecule has 8 heteroatoms. The molecule has 0 fully saturated rings. The molecule has 0 saturated heterocycles. The van der Waals surface area contributed by atoms with E-state index in [2.05, 4.69) is 5.32 Å². The fourth-order valence-electron chi connectivity index (χ4n) is 1.59. The molecular formula is C12H17ClN2O4S. The molecule has 1 amide bonds. The third-order valence-corrected chi connectivity index (χ3v) is 3.98. The topological polar surface area (TPSA) is 98.5 Å². The second kappa shape index (κ2) is 7.58. The Balaban J connectivity index is 2.58. The minimum Gasteiger partial charge on any atom is -0.370 e. The number of nitrogens with one attached hydrogen (secondary N) is 1. The number of sulfone groups is 1. The normalized spacial score (nSPS) is 11.5. The Labute approximate surface area is 123 Å². The second-order valence-electron chi connectivity index (χ2n) is 4.18. The molecule has 0 radical (unpaired) electrons. The average molecular weight is 321 g/mol. The number of nitrogens with two attached hydrogens (primary N) is 1. The number of rotatable bonds is 8. The lowest BCUT2D eigenvalue weighted by atomic mass is 10.2. The first-order valence-electron chi connectivity index (χ1n) is 5.86. The maximum absolute atomic E-state index is 11.7. The molecule has 6 nitrogen and oxygen atoms in total. The summed E-state index contributed by atoms with van der Waals surface area (Å²) in [6.45, 7) is 0.897. The molecule has 1 aromatic carbocycles. The van der Waals surface area contributed by atoms with Gasteiger partial charge >= 0.3 is 0 Å². The van der Waals surface area contributed by atoms with Crippen molar-refractivity contribution in [3.05, 3.63) is 28.8 Å². The summed E-state index contributed by atoms with van der Waals surface area (Å²) in [6.07, 6.45) is 1.14. The van der Waals surface area contributed by atoms with E-state index in [1.165, 1.54) is 6.07 Å². The molecule has 0 aromatic heterocycles. The number of carbonyl (C=O) groups excluding carboxylic acids is 1. The summed E-state index contributed by atoms with van der Waals surface area (Å²) in [5.41, 5.74) is 5.44. The zero-order chi connectivity index (χ0) is 15.2. The van der Waals surface area contributed by atoms with E-state index in [1.807, 2.05) is 0 Å². The lowest BCUT2D eigenvalue weighted by Crippen LogP contribution is -2.24. The summed E-state index contributed by atoms with van der Waals surface area (Å²) in [5, 5.41) is 3.39. The number of ether oxygens (including phenoxy) is 1. The Morgan fingerprint density at radius 3 is 2.75 bits per heavy atom. The molecule has 0 aliphatic heterocycles. The number of carbonyl (C=O) groups is 1. The lowest BCUT2D eigenvalue weighted by molar-refractivity contribution is -0.122. The molecule has 1 aromatic rings. The average Bonchev–Trinajstić information content (AvgIpc) is 2.33. The molecule has 0 aliphatic rings. The van der Waals surface area contributed by atoms with Gasteiger partial charge < -0.3 is 15.8 Å². The Hall–Kier alpha value is -1.15. The largest absolute Gasteiger partial charge is 0.370 e. The summed E-state index contributed by atoms with van der Waals surface area (Å²) >= 11 is 6.02. The summed E-state index contributed by atoms with van der Waals surface area (Å²) in [4.78, 5) is 10.7. The van der Waals surface area contributed by atoms with E-state index in [4.69, 9.17) is 22.1 Å². The quantitative estimate of drug-likeness (QED) is 0.673. The summed E-state index contributed by atoms with van der Waals surface area (Å²) < 4.78 is 28.3. The fraction of sp³-hybridized carbons (Fsp3) is 0.417. The van der Waals surface area contributed by atoms with Crippen molar-refractivity contribution in [2.45, 2.75) is 11.4 Å². The first kappa shape index (κ1) is 16.9. The first-order valence-corrected chi connectivity index (χ1v) is 8.13. The number of amides is 1. The summed E-state index contributed by atoms with van der Waals surface area (Å²) in [5.74, 6) is -0.532. The van der Waals surface area contributed by atoms with E-state index in [-0.39, 0.29) is 11.5 Å². The van der Waals surface area contributed by atoms with Gasteiger partial charge in [0.1, 0.15) is 6.61 Å². The highest BCUT2D eigenvalue weighted by Gasteiger charge is 2.15. The third-order valence-electron chi connectivity index (χ3n) is 2.44. The molecule has 112 valence electrons. The predicted molar refractivity (Wildman–Crippen MR) is 76.3 cm³/mol. The van der Waals surface area contributed by atoms with E-state index in [0.29, 0.717) is 30.3 Å². The van der Waals surface area contributed by atoms with Crippen LogP contribution in [0.1, 0.15) is 5.56 Å². The Morgan fingerprint density at radius 2 is 2.15 bits per heavy atom. The van der Waals surface area contributed by atoms with Crippen LogP contribution in [0.15, 0.2) is 23.1 Å².